The second-order valence-corrected chi connectivity index (χ2v) is 4.51. The molecule has 5 heteroatoms. The van der Waals surface area contributed by atoms with Gasteiger partial charge in [-0.2, -0.15) is 0 Å². The Morgan fingerprint density at radius 2 is 2.28 bits per heavy atom. The fourth-order valence-corrected chi connectivity index (χ4v) is 2.15. The zero-order valence-corrected chi connectivity index (χ0v) is 10.4. The molecule has 1 heterocycles. The van der Waals surface area contributed by atoms with Crippen molar-refractivity contribution in [3.8, 4) is 0 Å². The number of nitrogen functional groups attached to an aromatic ring is 1. The summed E-state index contributed by atoms with van der Waals surface area (Å²) in [6, 6.07) is 2.92. The Bertz CT molecular complexity index is 456. The molecule has 0 saturated carbocycles. The summed E-state index contributed by atoms with van der Waals surface area (Å²) in [6.45, 7) is 2.32. The first kappa shape index (κ1) is 12.8. The summed E-state index contributed by atoms with van der Waals surface area (Å²) in [5.41, 5.74) is 7.03. The Labute approximate surface area is 106 Å². The first-order valence-corrected chi connectivity index (χ1v) is 6.11. The lowest BCUT2D eigenvalue weighted by Gasteiger charge is -2.26. The molecule has 1 aliphatic heterocycles. The molecular formula is C13H18FN3O. The number of anilines is 2. The lowest BCUT2D eigenvalue weighted by Crippen LogP contribution is -2.28. The SMILES string of the molecule is CC(=N)c1c(NC2CCCCO2)ccc(F)c1N. The molecule has 0 amide bonds. The molecule has 1 fully saturated rings. The van der Waals surface area contributed by atoms with Crippen LogP contribution in [0, 0.1) is 11.2 Å². The molecule has 1 aromatic rings. The summed E-state index contributed by atoms with van der Waals surface area (Å²) in [6.07, 6.45) is 3.00. The minimum Gasteiger partial charge on any atom is -0.396 e. The molecule has 0 radical (unpaired) electrons. The third-order valence-electron chi connectivity index (χ3n) is 3.06. The van der Waals surface area contributed by atoms with Crippen LogP contribution in [0.2, 0.25) is 0 Å². The van der Waals surface area contributed by atoms with E-state index in [-0.39, 0.29) is 17.6 Å². The average Bonchev–Trinajstić information content (AvgIpc) is 2.35. The number of hydrogen-bond donors (Lipinski definition) is 3. The van der Waals surface area contributed by atoms with Crippen molar-refractivity contribution < 1.29 is 9.13 Å². The standard InChI is InChI=1S/C13H18FN3O/c1-8(15)12-10(6-5-9(14)13(12)16)17-11-4-2-3-7-18-11/h5-6,11,15,17H,2-4,7,16H2,1H3. The van der Waals surface area contributed by atoms with E-state index in [9.17, 15) is 4.39 Å². The molecule has 0 spiro atoms. The Kier molecular flexibility index (Phi) is 3.81. The molecule has 4 nitrogen and oxygen atoms in total. The van der Waals surface area contributed by atoms with Gasteiger partial charge >= 0.3 is 0 Å². The molecule has 18 heavy (non-hydrogen) atoms. The summed E-state index contributed by atoms with van der Waals surface area (Å²) in [4.78, 5) is 0. The van der Waals surface area contributed by atoms with Crippen molar-refractivity contribution in [1.82, 2.24) is 0 Å². The molecule has 1 unspecified atom stereocenters. The largest absolute Gasteiger partial charge is 0.396 e. The number of nitrogens with one attached hydrogen (secondary N) is 2. The van der Waals surface area contributed by atoms with Crippen molar-refractivity contribution in [3.05, 3.63) is 23.5 Å². The van der Waals surface area contributed by atoms with Crippen LogP contribution in [-0.4, -0.2) is 18.5 Å². The van der Waals surface area contributed by atoms with E-state index in [1.54, 1.807) is 13.0 Å². The fourth-order valence-electron chi connectivity index (χ4n) is 2.15. The molecular weight excluding hydrogens is 233 g/mol. The molecule has 0 aliphatic carbocycles. The molecule has 1 atom stereocenters. The van der Waals surface area contributed by atoms with E-state index in [2.05, 4.69) is 5.32 Å². The second-order valence-electron chi connectivity index (χ2n) is 4.51. The molecule has 1 saturated heterocycles. The van der Waals surface area contributed by atoms with Crippen LogP contribution in [0.25, 0.3) is 0 Å². The van der Waals surface area contributed by atoms with E-state index in [1.165, 1.54) is 6.07 Å². The Hall–Kier alpha value is -1.62. The van der Waals surface area contributed by atoms with E-state index in [1.807, 2.05) is 0 Å². The highest BCUT2D eigenvalue weighted by molar-refractivity contribution is 6.06. The minimum atomic E-state index is -0.494. The van der Waals surface area contributed by atoms with Crippen LogP contribution in [0.4, 0.5) is 15.8 Å². The van der Waals surface area contributed by atoms with Crippen LogP contribution in [-0.2, 0) is 4.74 Å². The molecule has 4 N–H and O–H groups in total. The zero-order valence-electron chi connectivity index (χ0n) is 10.4. The van der Waals surface area contributed by atoms with Crippen molar-refractivity contribution in [2.24, 2.45) is 0 Å². The van der Waals surface area contributed by atoms with Gasteiger partial charge < -0.3 is 21.2 Å². The fraction of sp³-hybridized carbons (Fsp3) is 0.462. The van der Waals surface area contributed by atoms with Crippen LogP contribution in [0.5, 0.6) is 0 Å². The van der Waals surface area contributed by atoms with E-state index >= 15 is 0 Å². The van der Waals surface area contributed by atoms with Gasteiger partial charge in [-0.1, -0.05) is 0 Å². The van der Waals surface area contributed by atoms with Crippen molar-refractivity contribution in [2.75, 3.05) is 17.7 Å². The predicted octanol–water partition coefficient (Wildman–Crippen LogP) is 2.73. The Balaban J connectivity index is 2.26. The number of ether oxygens (including phenoxy) is 1. The van der Waals surface area contributed by atoms with Crippen LogP contribution in [0.15, 0.2) is 12.1 Å². The monoisotopic (exact) mass is 251 g/mol. The van der Waals surface area contributed by atoms with Gasteiger partial charge in [-0.3, -0.25) is 0 Å². The summed E-state index contributed by atoms with van der Waals surface area (Å²) in [7, 11) is 0. The van der Waals surface area contributed by atoms with Crippen molar-refractivity contribution in [2.45, 2.75) is 32.4 Å². The van der Waals surface area contributed by atoms with Crippen LogP contribution in [0.3, 0.4) is 0 Å². The van der Waals surface area contributed by atoms with Crippen LogP contribution in [0.1, 0.15) is 31.7 Å². The summed E-state index contributed by atoms with van der Waals surface area (Å²) < 4.78 is 19.0. The summed E-state index contributed by atoms with van der Waals surface area (Å²) >= 11 is 0. The highest BCUT2D eigenvalue weighted by atomic mass is 19.1. The van der Waals surface area contributed by atoms with Crippen molar-refractivity contribution in [3.63, 3.8) is 0 Å². The maximum atomic E-state index is 13.4. The number of hydrogen-bond acceptors (Lipinski definition) is 4. The lowest BCUT2D eigenvalue weighted by atomic mass is 10.1. The van der Waals surface area contributed by atoms with E-state index in [0.29, 0.717) is 11.3 Å². The van der Waals surface area contributed by atoms with Crippen molar-refractivity contribution >= 4 is 17.1 Å². The van der Waals surface area contributed by atoms with Crippen molar-refractivity contribution in [1.29, 1.82) is 5.41 Å². The first-order chi connectivity index (χ1) is 8.59. The number of rotatable bonds is 3. The van der Waals surface area contributed by atoms with Gasteiger partial charge in [-0.15, -0.1) is 0 Å². The molecule has 1 aliphatic rings. The zero-order chi connectivity index (χ0) is 13.1. The molecule has 2 rings (SSSR count). The van der Waals surface area contributed by atoms with Gasteiger partial charge in [0.2, 0.25) is 0 Å². The van der Waals surface area contributed by atoms with Gasteiger partial charge in [0.05, 0.1) is 5.69 Å². The summed E-state index contributed by atoms with van der Waals surface area (Å²) in [5, 5.41) is 10.9. The van der Waals surface area contributed by atoms with Gasteiger partial charge in [-0.25, -0.2) is 4.39 Å². The Morgan fingerprint density at radius 1 is 1.50 bits per heavy atom. The molecule has 1 aromatic carbocycles. The molecule has 98 valence electrons. The van der Waals surface area contributed by atoms with E-state index < -0.39 is 5.82 Å². The average molecular weight is 251 g/mol. The quantitative estimate of drug-likeness (QED) is 0.571. The molecule has 0 aromatic heterocycles. The van der Waals surface area contributed by atoms with E-state index in [0.717, 1.165) is 25.9 Å². The highest BCUT2D eigenvalue weighted by Crippen LogP contribution is 2.27. The topological polar surface area (TPSA) is 71.1 Å². The van der Waals surface area contributed by atoms with Gasteiger partial charge in [0.1, 0.15) is 12.0 Å². The first-order valence-electron chi connectivity index (χ1n) is 6.11. The van der Waals surface area contributed by atoms with Gasteiger partial charge in [0, 0.05) is 23.6 Å². The van der Waals surface area contributed by atoms with Gasteiger partial charge in [0.25, 0.3) is 0 Å². The second kappa shape index (κ2) is 5.35. The van der Waals surface area contributed by atoms with E-state index in [4.69, 9.17) is 15.9 Å². The number of benzene rings is 1. The maximum absolute atomic E-state index is 13.4. The lowest BCUT2D eigenvalue weighted by molar-refractivity contribution is 0.0343. The minimum absolute atomic E-state index is 0.0170. The Morgan fingerprint density at radius 3 is 2.89 bits per heavy atom. The number of halogens is 1. The third kappa shape index (κ3) is 2.61. The predicted molar refractivity (Wildman–Crippen MR) is 70.5 cm³/mol. The van der Waals surface area contributed by atoms with Crippen LogP contribution < -0.4 is 11.1 Å². The normalized spacial score (nSPS) is 19.6. The number of nitrogens with two attached hydrogens (primary N) is 1. The highest BCUT2D eigenvalue weighted by Gasteiger charge is 2.18. The smallest absolute Gasteiger partial charge is 0.146 e. The molecule has 0 bridgehead atoms. The van der Waals surface area contributed by atoms with Gasteiger partial charge in [-0.05, 0) is 38.3 Å². The van der Waals surface area contributed by atoms with Gasteiger partial charge in [0.15, 0.2) is 0 Å². The summed E-state index contributed by atoms with van der Waals surface area (Å²) in [5.74, 6) is -0.494. The van der Waals surface area contributed by atoms with Crippen LogP contribution >= 0.6 is 0 Å². The third-order valence-corrected chi connectivity index (χ3v) is 3.06. The maximum Gasteiger partial charge on any atom is 0.146 e.